The molecule has 0 radical (unpaired) electrons. The Morgan fingerprint density at radius 1 is 1.00 bits per heavy atom. The molecule has 0 aliphatic carbocycles. The molecule has 0 atom stereocenters. The van der Waals surface area contributed by atoms with Gasteiger partial charge >= 0.3 is 0 Å². The number of allylic oxidation sites excluding steroid dienone is 2. The van der Waals surface area contributed by atoms with Crippen LogP contribution in [0.1, 0.15) is 36.4 Å². The van der Waals surface area contributed by atoms with E-state index in [1.165, 1.54) is 33.7 Å². The van der Waals surface area contributed by atoms with E-state index in [1.54, 1.807) is 0 Å². The molecule has 2 heteroatoms. The van der Waals surface area contributed by atoms with Gasteiger partial charge in [-0.15, -0.1) is 0 Å². The monoisotopic (exact) mass is 276 g/mol. The second-order valence-electron chi connectivity index (χ2n) is 5.68. The number of aromatic amines is 1. The minimum absolute atomic E-state index is 1.07. The summed E-state index contributed by atoms with van der Waals surface area (Å²) in [7, 11) is 0. The molecule has 1 N–H and O–H groups in total. The molecule has 1 aromatic carbocycles. The third-order valence-corrected chi connectivity index (χ3v) is 3.79. The fraction of sp³-hybridized carbons (Fsp3) is 0.211. The van der Waals surface area contributed by atoms with Gasteiger partial charge in [-0.1, -0.05) is 30.3 Å². The molecule has 1 aliphatic heterocycles. The molecule has 2 nitrogen and oxygen atoms in total. The van der Waals surface area contributed by atoms with Gasteiger partial charge in [0.05, 0.1) is 11.4 Å². The summed E-state index contributed by atoms with van der Waals surface area (Å²) in [6.07, 6.45) is 2.14. The summed E-state index contributed by atoms with van der Waals surface area (Å²) >= 11 is 0. The zero-order chi connectivity index (χ0) is 15.0. The van der Waals surface area contributed by atoms with E-state index < -0.39 is 0 Å². The minimum Gasteiger partial charge on any atom is -0.358 e. The van der Waals surface area contributed by atoms with Crippen LogP contribution in [0.15, 0.2) is 58.7 Å². The first-order valence-corrected chi connectivity index (χ1v) is 7.26. The van der Waals surface area contributed by atoms with Gasteiger partial charge in [-0.25, -0.2) is 0 Å². The summed E-state index contributed by atoms with van der Waals surface area (Å²) in [5, 5.41) is 0. The van der Waals surface area contributed by atoms with E-state index in [1.807, 2.05) is 13.0 Å². The van der Waals surface area contributed by atoms with Gasteiger partial charge in [-0.2, -0.15) is 0 Å². The van der Waals surface area contributed by atoms with E-state index in [4.69, 9.17) is 4.99 Å². The summed E-state index contributed by atoms with van der Waals surface area (Å²) in [6.45, 7) is 8.41. The topological polar surface area (TPSA) is 28.1 Å². The highest BCUT2D eigenvalue weighted by Crippen LogP contribution is 2.34. The third kappa shape index (κ3) is 2.49. The van der Waals surface area contributed by atoms with Crippen LogP contribution in [0.4, 0.5) is 0 Å². The quantitative estimate of drug-likeness (QED) is 0.815. The first kappa shape index (κ1) is 13.6. The fourth-order valence-electron chi connectivity index (χ4n) is 2.92. The second kappa shape index (κ2) is 5.21. The Balaban J connectivity index is 2.30. The van der Waals surface area contributed by atoms with Gasteiger partial charge < -0.3 is 4.98 Å². The minimum atomic E-state index is 1.07. The van der Waals surface area contributed by atoms with Crippen LogP contribution in [0.25, 0.3) is 5.57 Å². The maximum atomic E-state index is 4.76. The van der Waals surface area contributed by atoms with E-state index in [9.17, 15) is 0 Å². The van der Waals surface area contributed by atoms with E-state index in [0.29, 0.717) is 0 Å². The first-order valence-electron chi connectivity index (χ1n) is 7.26. The van der Waals surface area contributed by atoms with Gasteiger partial charge in [0, 0.05) is 17.0 Å². The Morgan fingerprint density at radius 3 is 2.24 bits per heavy atom. The fourth-order valence-corrected chi connectivity index (χ4v) is 2.92. The molecule has 2 heterocycles. The molecule has 0 fully saturated rings. The lowest BCUT2D eigenvalue weighted by atomic mass is 9.96. The average Bonchev–Trinajstić information content (AvgIpc) is 2.94. The molecule has 0 unspecified atom stereocenters. The molecule has 0 bridgehead atoms. The number of hydrogen-bond donors (Lipinski definition) is 1. The first-order chi connectivity index (χ1) is 10.1. The van der Waals surface area contributed by atoms with Gasteiger partial charge in [0.1, 0.15) is 0 Å². The van der Waals surface area contributed by atoms with Gasteiger partial charge in [0.2, 0.25) is 0 Å². The molecule has 1 aromatic heterocycles. The van der Waals surface area contributed by atoms with Crippen molar-refractivity contribution in [1.82, 2.24) is 4.98 Å². The van der Waals surface area contributed by atoms with E-state index in [-0.39, 0.29) is 0 Å². The lowest BCUT2D eigenvalue weighted by Gasteiger charge is -2.12. The van der Waals surface area contributed by atoms with Gasteiger partial charge in [-0.3, -0.25) is 4.99 Å². The molecule has 1 aliphatic rings. The summed E-state index contributed by atoms with van der Waals surface area (Å²) in [4.78, 5) is 8.26. The maximum absolute atomic E-state index is 4.76. The molecule has 3 rings (SSSR count). The van der Waals surface area contributed by atoms with E-state index in [0.717, 1.165) is 11.4 Å². The van der Waals surface area contributed by atoms with E-state index in [2.05, 4.69) is 62.2 Å². The average molecular weight is 276 g/mol. The molecule has 2 aromatic rings. The van der Waals surface area contributed by atoms with Crippen LogP contribution in [0.3, 0.4) is 0 Å². The normalized spacial score (nSPS) is 16.8. The van der Waals surface area contributed by atoms with Crippen LogP contribution in [0, 0.1) is 13.8 Å². The predicted molar refractivity (Wildman–Crippen MR) is 89.6 cm³/mol. The number of benzene rings is 1. The van der Waals surface area contributed by atoms with Crippen LogP contribution in [-0.4, -0.2) is 10.7 Å². The van der Waals surface area contributed by atoms with Gasteiger partial charge in [0.25, 0.3) is 0 Å². The molecule has 21 heavy (non-hydrogen) atoms. The van der Waals surface area contributed by atoms with Crippen LogP contribution >= 0.6 is 0 Å². The van der Waals surface area contributed by atoms with Crippen molar-refractivity contribution in [2.75, 3.05) is 0 Å². The molecule has 0 saturated carbocycles. The number of rotatable bonds is 2. The molecule has 0 amide bonds. The summed E-state index contributed by atoms with van der Waals surface area (Å²) in [6, 6.07) is 12.7. The Morgan fingerprint density at radius 2 is 1.71 bits per heavy atom. The Labute approximate surface area is 125 Å². The second-order valence-corrected chi connectivity index (χ2v) is 5.68. The number of H-pyrrole nitrogens is 1. The molecule has 0 spiro atoms. The Kier molecular flexibility index (Phi) is 3.38. The van der Waals surface area contributed by atoms with Crippen molar-refractivity contribution in [1.29, 1.82) is 0 Å². The number of hydrogen-bond acceptors (Lipinski definition) is 1. The van der Waals surface area contributed by atoms with Crippen LogP contribution in [0.2, 0.25) is 0 Å². The number of nitrogens with zero attached hydrogens (tertiary/aromatic N) is 1. The largest absolute Gasteiger partial charge is 0.358 e. The summed E-state index contributed by atoms with van der Waals surface area (Å²) < 4.78 is 0. The highest BCUT2D eigenvalue weighted by Gasteiger charge is 2.19. The zero-order valence-corrected chi connectivity index (χ0v) is 13.0. The van der Waals surface area contributed by atoms with Crippen LogP contribution < -0.4 is 0 Å². The molecule has 0 saturated heterocycles. The SMILES string of the molecule is CC1=CC(C)=N/C1=C(\c1ccccc1)c1[nH]c(C)cc1C. The molecule has 106 valence electrons. The molecular formula is C19H20N2. The van der Waals surface area contributed by atoms with Crippen molar-refractivity contribution in [2.45, 2.75) is 27.7 Å². The number of nitrogens with one attached hydrogen (secondary N) is 1. The van der Waals surface area contributed by atoms with Gasteiger partial charge in [0.15, 0.2) is 0 Å². The van der Waals surface area contributed by atoms with Crippen molar-refractivity contribution in [2.24, 2.45) is 4.99 Å². The van der Waals surface area contributed by atoms with Crippen LogP contribution in [0.5, 0.6) is 0 Å². The van der Waals surface area contributed by atoms with Gasteiger partial charge in [-0.05, 0) is 56.5 Å². The molecular weight excluding hydrogens is 256 g/mol. The van der Waals surface area contributed by atoms with E-state index >= 15 is 0 Å². The Hall–Kier alpha value is -2.35. The maximum Gasteiger partial charge on any atom is 0.0761 e. The van der Waals surface area contributed by atoms with Crippen molar-refractivity contribution < 1.29 is 0 Å². The van der Waals surface area contributed by atoms with Crippen molar-refractivity contribution in [3.63, 3.8) is 0 Å². The number of aromatic nitrogens is 1. The summed E-state index contributed by atoms with van der Waals surface area (Å²) in [5.74, 6) is 0. The highest BCUT2D eigenvalue weighted by atomic mass is 14.8. The smallest absolute Gasteiger partial charge is 0.0761 e. The highest BCUT2D eigenvalue weighted by molar-refractivity contribution is 6.00. The third-order valence-electron chi connectivity index (χ3n) is 3.79. The van der Waals surface area contributed by atoms with Crippen LogP contribution in [-0.2, 0) is 0 Å². The van der Waals surface area contributed by atoms with Crippen molar-refractivity contribution >= 4 is 11.3 Å². The van der Waals surface area contributed by atoms with Crippen molar-refractivity contribution in [3.8, 4) is 0 Å². The predicted octanol–water partition coefficient (Wildman–Crippen LogP) is 4.81. The van der Waals surface area contributed by atoms with Crippen molar-refractivity contribution in [3.05, 3.63) is 76.3 Å². The summed E-state index contributed by atoms with van der Waals surface area (Å²) in [5.41, 5.74) is 9.34. The zero-order valence-electron chi connectivity index (χ0n) is 13.0. The lowest BCUT2D eigenvalue weighted by Crippen LogP contribution is -1.96. The Bertz CT molecular complexity index is 771. The number of aliphatic imine (C=N–C) groups is 1. The lowest BCUT2D eigenvalue weighted by molar-refractivity contribution is 1.21. The number of aryl methyl sites for hydroxylation is 2. The standard InChI is InChI=1S/C19H20N2/c1-12-10-14(3)20-18(12)17(16-8-6-5-7-9-16)19-13(2)11-15(4)21-19/h5-11,20H,1-4H3/b19-17+.